The fourth-order valence-electron chi connectivity index (χ4n) is 1.29. The van der Waals surface area contributed by atoms with Crippen LogP contribution in [0.5, 0.6) is 0 Å². The Bertz CT molecular complexity index is 520. The summed E-state index contributed by atoms with van der Waals surface area (Å²) < 4.78 is 0. The highest BCUT2D eigenvalue weighted by atomic mass is 32.1. The number of carbonyl (C=O) groups is 1. The van der Waals surface area contributed by atoms with Gasteiger partial charge in [0.15, 0.2) is 5.82 Å². The number of nitrogens with one attached hydrogen (secondary N) is 2. The third kappa shape index (κ3) is 3.24. The van der Waals surface area contributed by atoms with Gasteiger partial charge in [0, 0.05) is 17.3 Å². The molecule has 2 N–H and O–H groups in total. The van der Waals surface area contributed by atoms with Gasteiger partial charge >= 0.3 is 6.03 Å². The van der Waals surface area contributed by atoms with Crippen molar-refractivity contribution in [2.24, 2.45) is 0 Å². The number of hydrogen-bond acceptors (Lipinski definition) is 5. The molecule has 0 fully saturated rings. The number of aromatic nitrogens is 3. The first-order valence-corrected chi connectivity index (χ1v) is 6.20. The molecule has 0 saturated heterocycles. The maximum absolute atomic E-state index is 11.6. The maximum Gasteiger partial charge on any atom is 0.320 e. The molecule has 0 aliphatic carbocycles. The van der Waals surface area contributed by atoms with Crippen LogP contribution in [0, 0.1) is 13.8 Å². The number of urea groups is 1. The highest BCUT2D eigenvalue weighted by Gasteiger charge is 2.06. The molecule has 0 aliphatic rings. The molecule has 2 aromatic heterocycles. The fourth-order valence-corrected chi connectivity index (χ4v) is 2.17. The summed E-state index contributed by atoms with van der Waals surface area (Å²) in [5.74, 6) is 0.418. The molecule has 0 radical (unpaired) electrons. The summed E-state index contributed by atoms with van der Waals surface area (Å²) in [6, 6.07) is -0.319. The van der Waals surface area contributed by atoms with Crippen LogP contribution in [-0.4, -0.2) is 21.0 Å². The molecule has 6 nitrogen and oxygen atoms in total. The van der Waals surface area contributed by atoms with Crippen LogP contribution in [0.2, 0.25) is 0 Å². The Morgan fingerprint density at radius 3 is 2.83 bits per heavy atom. The summed E-state index contributed by atoms with van der Waals surface area (Å²) in [6.07, 6.45) is 4.55. The monoisotopic (exact) mass is 263 g/mol. The van der Waals surface area contributed by atoms with Crippen LogP contribution < -0.4 is 10.6 Å². The van der Waals surface area contributed by atoms with Crippen LogP contribution in [0.1, 0.15) is 15.6 Å². The van der Waals surface area contributed by atoms with Crippen LogP contribution in [-0.2, 0) is 6.54 Å². The van der Waals surface area contributed by atoms with Gasteiger partial charge in [-0.3, -0.25) is 10.3 Å². The lowest BCUT2D eigenvalue weighted by molar-refractivity contribution is 0.251. The smallest absolute Gasteiger partial charge is 0.320 e. The van der Waals surface area contributed by atoms with E-state index in [1.54, 1.807) is 17.5 Å². The van der Waals surface area contributed by atoms with Gasteiger partial charge < -0.3 is 5.32 Å². The number of anilines is 1. The van der Waals surface area contributed by atoms with Gasteiger partial charge in [-0.05, 0) is 13.8 Å². The number of nitrogens with zero attached hydrogens (tertiary/aromatic N) is 3. The Morgan fingerprint density at radius 2 is 2.22 bits per heavy atom. The molecule has 94 valence electrons. The fraction of sp³-hybridized carbons (Fsp3) is 0.273. The molecule has 0 bridgehead atoms. The van der Waals surface area contributed by atoms with E-state index in [9.17, 15) is 4.79 Å². The average molecular weight is 263 g/mol. The van der Waals surface area contributed by atoms with Gasteiger partial charge in [-0.25, -0.2) is 14.8 Å². The molecule has 0 unspecified atom stereocenters. The molecular weight excluding hydrogens is 250 g/mol. The minimum atomic E-state index is -0.319. The molecule has 0 atom stereocenters. The molecule has 2 rings (SSSR count). The Labute approximate surface area is 109 Å². The second kappa shape index (κ2) is 5.54. The first-order chi connectivity index (χ1) is 8.65. The molecular formula is C11H13N5OS. The highest BCUT2D eigenvalue weighted by molar-refractivity contribution is 7.11. The molecule has 2 heterocycles. The van der Waals surface area contributed by atoms with Gasteiger partial charge in [0.1, 0.15) is 5.01 Å². The Balaban J connectivity index is 1.85. The van der Waals surface area contributed by atoms with Crippen LogP contribution >= 0.6 is 11.3 Å². The molecule has 0 saturated carbocycles. The number of amides is 2. The zero-order chi connectivity index (χ0) is 13.0. The first-order valence-electron chi connectivity index (χ1n) is 5.39. The van der Waals surface area contributed by atoms with Crippen LogP contribution in [0.15, 0.2) is 18.6 Å². The summed E-state index contributed by atoms with van der Waals surface area (Å²) >= 11 is 1.58. The van der Waals surface area contributed by atoms with Crippen molar-refractivity contribution in [3.63, 3.8) is 0 Å². The second-order valence-electron chi connectivity index (χ2n) is 3.65. The molecule has 0 aliphatic heterocycles. The van der Waals surface area contributed by atoms with E-state index in [-0.39, 0.29) is 6.03 Å². The zero-order valence-corrected chi connectivity index (χ0v) is 10.9. The Kier molecular flexibility index (Phi) is 3.83. The minimum Gasteiger partial charge on any atom is -0.331 e. The molecule has 0 aromatic carbocycles. The molecule has 0 spiro atoms. The number of aryl methyl sites for hydroxylation is 2. The van der Waals surface area contributed by atoms with E-state index in [0.717, 1.165) is 10.7 Å². The molecule has 2 amide bonds. The highest BCUT2D eigenvalue weighted by Crippen LogP contribution is 2.15. The van der Waals surface area contributed by atoms with Crippen molar-refractivity contribution in [1.82, 2.24) is 20.3 Å². The first kappa shape index (κ1) is 12.4. The third-order valence-corrected chi connectivity index (χ3v) is 3.35. The lowest BCUT2D eigenvalue weighted by Gasteiger charge is -2.04. The summed E-state index contributed by atoms with van der Waals surface area (Å²) in [7, 11) is 0. The van der Waals surface area contributed by atoms with Gasteiger partial charge in [-0.2, -0.15) is 0 Å². The predicted octanol–water partition coefficient (Wildman–Crippen LogP) is 1.87. The number of rotatable bonds is 3. The Hall–Kier alpha value is -2.02. The van der Waals surface area contributed by atoms with Gasteiger partial charge in [0.2, 0.25) is 0 Å². The topological polar surface area (TPSA) is 79.8 Å². The van der Waals surface area contributed by atoms with Gasteiger partial charge in [0.05, 0.1) is 18.4 Å². The minimum absolute atomic E-state index is 0.319. The van der Waals surface area contributed by atoms with Crippen molar-refractivity contribution in [3.05, 3.63) is 34.2 Å². The molecule has 7 heteroatoms. The van der Waals surface area contributed by atoms with E-state index >= 15 is 0 Å². The number of thiazole rings is 1. The standard InChI is InChI=1S/C11H13N5OS/c1-7-8(2)18-10(15-7)6-14-11(17)16-9-5-12-3-4-13-9/h3-5H,6H2,1-2H3,(H2,13,14,16,17). The molecule has 18 heavy (non-hydrogen) atoms. The normalized spacial score (nSPS) is 10.1. The molecule has 2 aromatic rings. The number of carbonyl (C=O) groups excluding carboxylic acids is 1. The lowest BCUT2D eigenvalue weighted by Crippen LogP contribution is -2.28. The van der Waals surface area contributed by atoms with Crippen molar-refractivity contribution < 1.29 is 4.79 Å². The van der Waals surface area contributed by atoms with Crippen LogP contribution in [0.25, 0.3) is 0 Å². The number of hydrogen-bond donors (Lipinski definition) is 2. The second-order valence-corrected chi connectivity index (χ2v) is 4.94. The average Bonchev–Trinajstić information content (AvgIpc) is 2.68. The van der Waals surface area contributed by atoms with Crippen molar-refractivity contribution >= 4 is 23.2 Å². The predicted molar refractivity (Wildman–Crippen MR) is 69.5 cm³/mol. The van der Waals surface area contributed by atoms with Gasteiger partial charge in [0.25, 0.3) is 0 Å². The largest absolute Gasteiger partial charge is 0.331 e. The zero-order valence-electron chi connectivity index (χ0n) is 10.1. The van der Waals surface area contributed by atoms with E-state index in [1.165, 1.54) is 17.3 Å². The summed E-state index contributed by atoms with van der Waals surface area (Å²) in [5.41, 5.74) is 1.01. The van der Waals surface area contributed by atoms with E-state index in [1.807, 2.05) is 13.8 Å². The van der Waals surface area contributed by atoms with E-state index in [2.05, 4.69) is 25.6 Å². The van der Waals surface area contributed by atoms with Gasteiger partial charge in [-0.15, -0.1) is 11.3 Å². The SMILES string of the molecule is Cc1nc(CNC(=O)Nc2cnccn2)sc1C. The van der Waals surface area contributed by atoms with Gasteiger partial charge in [-0.1, -0.05) is 0 Å². The maximum atomic E-state index is 11.6. The summed E-state index contributed by atoms with van der Waals surface area (Å²) in [5, 5.41) is 6.19. The third-order valence-electron chi connectivity index (χ3n) is 2.28. The quantitative estimate of drug-likeness (QED) is 0.886. The van der Waals surface area contributed by atoms with Crippen molar-refractivity contribution in [1.29, 1.82) is 0 Å². The lowest BCUT2D eigenvalue weighted by atomic mass is 10.4. The van der Waals surface area contributed by atoms with Crippen molar-refractivity contribution in [2.75, 3.05) is 5.32 Å². The Morgan fingerprint density at radius 1 is 1.39 bits per heavy atom. The van der Waals surface area contributed by atoms with E-state index in [4.69, 9.17) is 0 Å². The van der Waals surface area contributed by atoms with Crippen LogP contribution in [0.3, 0.4) is 0 Å². The summed E-state index contributed by atoms with van der Waals surface area (Å²) in [6.45, 7) is 4.37. The van der Waals surface area contributed by atoms with Crippen LogP contribution in [0.4, 0.5) is 10.6 Å². The van der Waals surface area contributed by atoms with E-state index in [0.29, 0.717) is 12.4 Å². The van der Waals surface area contributed by atoms with Crippen molar-refractivity contribution in [3.8, 4) is 0 Å². The van der Waals surface area contributed by atoms with Crippen molar-refractivity contribution in [2.45, 2.75) is 20.4 Å². The summed E-state index contributed by atoms with van der Waals surface area (Å²) in [4.78, 5) is 24.9. The van der Waals surface area contributed by atoms with E-state index < -0.39 is 0 Å².